The van der Waals surface area contributed by atoms with Crippen LogP contribution in [-0.4, -0.2) is 29.7 Å². The highest BCUT2D eigenvalue weighted by atomic mass is 32.2. The molecule has 0 bridgehead atoms. The molecule has 3 N–H and O–H groups in total. The van der Waals surface area contributed by atoms with Gasteiger partial charge in [0, 0.05) is 17.5 Å². The molecule has 0 unspecified atom stereocenters. The van der Waals surface area contributed by atoms with E-state index in [0.29, 0.717) is 38.6 Å². The third kappa shape index (κ3) is 5.67. The highest BCUT2D eigenvalue weighted by Gasteiger charge is 2.36. The van der Waals surface area contributed by atoms with Gasteiger partial charge in [0.2, 0.25) is 5.91 Å². The number of rotatable bonds is 8. The number of nitriles is 1. The molecule has 3 heterocycles. The fraction of sp³-hybridized carbons (Fsp3) is 0.143. The molecule has 0 saturated carbocycles. The van der Waals surface area contributed by atoms with Crippen molar-refractivity contribution in [1.82, 2.24) is 10.3 Å². The van der Waals surface area contributed by atoms with Crippen LogP contribution >= 0.6 is 23.1 Å². The minimum absolute atomic E-state index is 0.0378. The highest BCUT2D eigenvalue weighted by Crippen LogP contribution is 2.41. The van der Waals surface area contributed by atoms with Gasteiger partial charge in [0.25, 0.3) is 5.91 Å². The third-order valence-electron chi connectivity index (χ3n) is 5.94. The lowest BCUT2D eigenvalue weighted by Crippen LogP contribution is -2.31. The first-order valence-corrected chi connectivity index (χ1v) is 13.7. The van der Waals surface area contributed by atoms with Crippen LogP contribution in [0.5, 0.6) is 5.75 Å². The minimum atomic E-state index is -0.760. The number of thiazole rings is 1. The zero-order valence-electron chi connectivity index (χ0n) is 21.0. The van der Waals surface area contributed by atoms with Gasteiger partial charge in [0.05, 0.1) is 57.5 Å². The summed E-state index contributed by atoms with van der Waals surface area (Å²) in [6.45, 7) is 1.76. The molecule has 0 saturated heterocycles. The monoisotopic (exact) mass is 557 g/mol. The Morgan fingerprint density at radius 1 is 1.18 bits per heavy atom. The lowest BCUT2D eigenvalue weighted by molar-refractivity contribution is -0.114. The molecule has 2 amide bonds. The summed E-state index contributed by atoms with van der Waals surface area (Å²) in [5.74, 6) is -0.299. The number of allylic oxidation sites excluding steroid dienone is 2. The van der Waals surface area contributed by atoms with Gasteiger partial charge in [-0.1, -0.05) is 41.3 Å². The molecule has 1 aliphatic heterocycles. The van der Waals surface area contributed by atoms with E-state index in [1.165, 1.54) is 29.4 Å². The molecule has 2 aromatic carbocycles. The van der Waals surface area contributed by atoms with Gasteiger partial charge in [0.15, 0.2) is 5.13 Å². The largest absolute Gasteiger partial charge is 0.497 e. The minimum Gasteiger partial charge on any atom is -0.497 e. The molecule has 2 aromatic heterocycles. The Hall–Kier alpha value is -4.53. The number of ether oxygens (including phenoxy) is 1. The van der Waals surface area contributed by atoms with Crippen LogP contribution in [0.4, 0.5) is 10.8 Å². The Morgan fingerprint density at radius 2 is 2.03 bits per heavy atom. The van der Waals surface area contributed by atoms with Gasteiger partial charge in [-0.2, -0.15) is 5.26 Å². The maximum Gasteiger partial charge on any atom is 0.256 e. The average Bonchev–Trinajstić information content (AvgIpc) is 3.61. The summed E-state index contributed by atoms with van der Waals surface area (Å²) in [7, 11) is 1.56. The number of carbonyl (C=O) groups excluding carboxylic acids is 2. The molecule has 1 aliphatic rings. The molecule has 0 radical (unpaired) electrons. The molecular formula is C28H23N5O4S2. The van der Waals surface area contributed by atoms with Crippen LogP contribution in [0, 0.1) is 11.3 Å². The van der Waals surface area contributed by atoms with Crippen molar-refractivity contribution in [3.63, 3.8) is 0 Å². The van der Waals surface area contributed by atoms with Crippen LogP contribution in [0.2, 0.25) is 0 Å². The zero-order chi connectivity index (χ0) is 27.4. The molecule has 5 rings (SSSR count). The first-order chi connectivity index (χ1) is 19.0. The molecule has 196 valence electrons. The second-order valence-corrected chi connectivity index (χ2v) is 10.5. The molecule has 39 heavy (non-hydrogen) atoms. The van der Waals surface area contributed by atoms with E-state index >= 15 is 0 Å². The van der Waals surface area contributed by atoms with Crippen LogP contribution in [0.1, 0.15) is 18.6 Å². The number of thioether (sulfide) groups is 1. The van der Waals surface area contributed by atoms with Crippen molar-refractivity contribution in [1.29, 1.82) is 5.26 Å². The van der Waals surface area contributed by atoms with E-state index in [1.54, 1.807) is 50.4 Å². The SMILES string of the molecule is COc1cccc(NC(=O)CSC2=C(C#N)[C@@H](c3ccco3)C(C(=O)Nc3nc4ccccc4s3)=C(C)N2)c1. The number of nitrogens with one attached hydrogen (secondary N) is 3. The van der Waals surface area contributed by atoms with Crippen molar-refractivity contribution in [2.24, 2.45) is 0 Å². The van der Waals surface area contributed by atoms with Crippen molar-refractivity contribution < 1.29 is 18.7 Å². The molecular weight excluding hydrogens is 534 g/mol. The van der Waals surface area contributed by atoms with Crippen molar-refractivity contribution >= 4 is 55.9 Å². The lowest BCUT2D eigenvalue weighted by atomic mass is 9.85. The molecule has 0 spiro atoms. The maximum absolute atomic E-state index is 13.6. The Morgan fingerprint density at radius 3 is 2.77 bits per heavy atom. The van der Waals surface area contributed by atoms with Crippen LogP contribution in [-0.2, 0) is 9.59 Å². The average molecular weight is 558 g/mol. The standard InChI is InChI=1S/C28H23N5O4S2/c1-16-24(26(35)33-28-32-20-9-3-4-11-22(20)39-28)25(21-10-6-12-37-21)19(14-29)27(30-16)38-15-23(34)31-17-7-5-8-18(13-17)36-2/h3-13,25,30H,15H2,1-2H3,(H,31,34)(H,32,33,35)/t25-/m0/s1. The molecule has 11 heteroatoms. The zero-order valence-corrected chi connectivity index (χ0v) is 22.6. The number of dihydropyridines is 1. The smallest absolute Gasteiger partial charge is 0.256 e. The maximum atomic E-state index is 13.6. The molecule has 1 atom stereocenters. The van der Waals surface area contributed by atoms with Crippen molar-refractivity contribution in [3.8, 4) is 11.8 Å². The predicted molar refractivity (Wildman–Crippen MR) is 152 cm³/mol. The second kappa shape index (κ2) is 11.5. The van der Waals surface area contributed by atoms with Crippen LogP contribution < -0.4 is 20.7 Å². The molecule has 9 nitrogen and oxygen atoms in total. The number of methoxy groups -OCH3 is 1. The van der Waals surface area contributed by atoms with Crippen molar-refractivity contribution in [2.75, 3.05) is 23.5 Å². The summed E-state index contributed by atoms with van der Waals surface area (Å²) in [5.41, 5.74) is 2.56. The van der Waals surface area contributed by atoms with E-state index in [0.717, 1.165) is 10.2 Å². The van der Waals surface area contributed by atoms with Crippen LogP contribution in [0.3, 0.4) is 0 Å². The number of carbonyl (C=O) groups is 2. The molecule has 0 aliphatic carbocycles. The van der Waals surface area contributed by atoms with Gasteiger partial charge in [-0.25, -0.2) is 4.98 Å². The van der Waals surface area contributed by atoms with Gasteiger partial charge < -0.3 is 19.8 Å². The number of nitrogens with zero attached hydrogens (tertiary/aromatic N) is 2. The van der Waals surface area contributed by atoms with E-state index in [2.05, 4.69) is 27.0 Å². The van der Waals surface area contributed by atoms with E-state index in [4.69, 9.17) is 9.15 Å². The second-order valence-electron chi connectivity index (χ2n) is 8.48. The van der Waals surface area contributed by atoms with Gasteiger partial charge in [-0.05, 0) is 43.3 Å². The summed E-state index contributed by atoms with van der Waals surface area (Å²) in [4.78, 5) is 30.7. The van der Waals surface area contributed by atoms with Gasteiger partial charge in [-0.3, -0.25) is 14.9 Å². The molecule has 4 aromatic rings. The summed E-state index contributed by atoms with van der Waals surface area (Å²) in [6.07, 6.45) is 1.50. The summed E-state index contributed by atoms with van der Waals surface area (Å²) < 4.78 is 11.8. The first kappa shape index (κ1) is 26.1. The van der Waals surface area contributed by atoms with E-state index in [-0.39, 0.29) is 17.2 Å². The number of fused-ring (bicyclic) bond motifs is 1. The van der Waals surface area contributed by atoms with Crippen LogP contribution in [0.15, 0.2) is 93.2 Å². The normalized spacial score (nSPS) is 15.1. The predicted octanol–water partition coefficient (Wildman–Crippen LogP) is 5.60. The van der Waals surface area contributed by atoms with E-state index in [1.807, 2.05) is 24.3 Å². The quantitative estimate of drug-likeness (QED) is 0.255. The Labute approximate surface area is 232 Å². The third-order valence-corrected chi connectivity index (χ3v) is 7.90. The number of anilines is 2. The van der Waals surface area contributed by atoms with E-state index in [9.17, 15) is 14.9 Å². The lowest BCUT2D eigenvalue weighted by Gasteiger charge is -2.28. The van der Waals surface area contributed by atoms with Crippen LogP contribution in [0.25, 0.3) is 10.2 Å². The highest BCUT2D eigenvalue weighted by molar-refractivity contribution is 8.03. The van der Waals surface area contributed by atoms with Gasteiger partial charge in [0.1, 0.15) is 11.5 Å². The topological polar surface area (TPSA) is 129 Å². The number of amides is 2. The fourth-order valence-electron chi connectivity index (χ4n) is 4.19. The summed E-state index contributed by atoms with van der Waals surface area (Å²) in [5, 5.41) is 20.0. The number of hydrogen-bond acceptors (Lipinski definition) is 9. The Kier molecular flexibility index (Phi) is 7.67. The summed E-state index contributed by atoms with van der Waals surface area (Å²) >= 11 is 2.55. The van der Waals surface area contributed by atoms with Gasteiger partial charge in [-0.15, -0.1) is 0 Å². The Balaban J connectivity index is 1.38. The number of benzene rings is 2. The summed E-state index contributed by atoms with van der Waals surface area (Å²) in [6, 6.07) is 20.3. The number of aromatic nitrogens is 1. The number of furan rings is 1. The van der Waals surface area contributed by atoms with Crippen molar-refractivity contribution in [2.45, 2.75) is 12.8 Å². The Bertz CT molecular complexity index is 1620. The first-order valence-electron chi connectivity index (χ1n) is 11.9. The fourth-order valence-corrected chi connectivity index (χ4v) is 5.95. The van der Waals surface area contributed by atoms with E-state index < -0.39 is 11.8 Å². The molecule has 0 fully saturated rings. The van der Waals surface area contributed by atoms with Crippen molar-refractivity contribution in [3.05, 3.63) is 94.6 Å². The number of hydrogen-bond donors (Lipinski definition) is 3. The van der Waals surface area contributed by atoms with Gasteiger partial charge >= 0.3 is 0 Å². The number of para-hydroxylation sites is 1.